The van der Waals surface area contributed by atoms with Crippen molar-refractivity contribution in [1.82, 2.24) is 0 Å². The number of hydrogen-bond acceptors (Lipinski definition) is 5. The second kappa shape index (κ2) is 40.5. The Hall–Kier alpha value is -1.69. The molecule has 5 heteroatoms. The molecule has 62 valence electrons. The Balaban J connectivity index is -0.0000000965. The zero-order valence-electron chi connectivity index (χ0n) is 5.98. The van der Waals surface area contributed by atoms with Crippen LogP contribution in [-0.4, -0.2) is 18.8 Å². The highest BCUT2D eigenvalue weighted by Crippen LogP contribution is 1.46. The fraction of sp³-hybridized carbons (Fsp3) is 0.167. The number of terminal acetylenes is 2. The van der Waals surface area contributed by atoms with E-state index >= 15 is 0 Å². The summed E-state index contributed by atoms with van der Waals surface area (Å²) < 4.78 is 3.68. The average molecular weight is 159 g/mol. The van der Waals surface area contributed by atoms with E-state index in [9.17, 15) is 0 Å². The van der Waals surface area contributed by atoms with Crippen LogP contribution < -0.4 is 5.73 Å². The molecule has 0 amide bonds. The summed E-state index contributed by atoms with van der Waals surface area (Å²) in [5.74, 6) is 0. The van der Waals surface area contributed by atoms with E-state index < -0.39 is 0 Å². The molecular formula is C6H9NO4. The Bertz CT molecular complexity index is 132. The van der Waals surface area contributed by atoms with Crippen molar-refractivity contribution in [1.29, 1.82) is 0 Å². The van der Waals surface area contributed by atoms with Crippen molar-refractivity contribution in [2.75, 3.05) is 7.05 Å². The Morgan fingerprint density at radius 2 is 1.82 bits per heavy atom. The molecule has 0 bridgehead atoms. The van der Waals surface area contributed by atoms with Crippen LogP contribution in [0, 0.1) is 25.1 Å². The molecule has 0 rings (SSSR count). The highest BCUT2D eigenvalue weighted by Gasteiger charge is 1.53. The van der Waals surface area contributed by atoms with Gasteiger partial charge in [-0.1, -0.05) is 12.8 Å². The summed E-state index contributed by atoms with van der Waals surface area (Å²) in [7, 11) is 1.50. The maximum atomic E-state index is 9.04. The zero-order chi connectivity index (χ0) is 9.54. The van der Waals surface area contributed by atoms with Crippen LogP contribution in [0.4, 0.5) is 0 Å². The molecule has 0 aliphatic rings. The van der Waals surface area contributed by atoms with Crippen LogP contribution in [-0.2, 0) is 14.4 Å². The predicted molar refractivity (Wildman–Crippen MR) is 38.6 cm³/mol. The Kier molecular flexibility index (Phi) is 59.5. The van der Waals surface area contributed by atoms with Crippen LogP contribution in [0.5, 0.6) is 0 Å². The molecule has 5 nitrogen and oxygen atoms in total. The highest BCUT2D eigenvalue weighted by atomic mass is 17.1. The normalized spacial score (nSPS) is 4.09. The highest BCUT2D eigenvalue weighted by molar-refractivity contribution is 5.39. The Morgan fingerprint density at radius 1 is 1.45 bits per heavy atom. The number of rotatable bonds is 1. The monoisotopic (exact) mass is 159 g/mol. The number of ether oxygens (including phenoxy) is 1. The average Bonchev–Trinajstić information content (AvgIpc) is 2.10. The van der Waals surface area contributed by atoms with E-state index in [4.69, 9.17) is 10.1 Å². The van der Waals surface area contributed by atoms with Gasteiger partial charge in [0.15, 0.2) is 6.11 Å². The lowest BCUT2D eigenvalue weighted by molar-refractivity contribution is -0.171. The van der Waals surface area contributed by atoms with Gasteiger partial charge in [0.25, 0.3) is 0 Å². The molecule has 0 radical (unpaired) electrons. The zero-order valence-corrected chi connectivity index (χ0v) is 5.98. The predicted octanol–water partition coefficient (Wildman–Crippen LogP) is -0.608. The molecule has 0 saturated carbocycles. The first kappa shape index (κ1) is 16.1. The largest absolute Gasteiger partial charge is 0.375 e. The van der Waals surface area contributed by atoms with E-state index in [0.29, 0.717) is 0 Å². The number of carbonyl (C=O) groups is 1. The molecule has 0 aliphatic carbocycles. The van der Waals surface area contributed by atoms with Crippen molar-refractivity contribution in [3.8, 4) is 25.1 Å². The van der Waals surface area contributed by atoms with Crippen LogP contribution in [0.3, 0.4) is 0 Å². The third-order valence-electron chi connectivity index (χ3n) is 0.169. The van der Waals surface area contributed by atoms with Crippen molar-refractivity contribution < 1.29 is 19.7 Å². The van der Waals surface area contributed by atoms with Gasteiger partial charge in [0.05, 0.1) is 0 Å². The van der Waals surface area contributed by atoms with Crippen LogP contribution in [0.25, 0.3) is 0 Å². The molecule has 0 unspecified atom stereocenters. The van der Waals surface area contributed by atoms with E-state index in [2.05, 4.69) is 28.2 Å². The summed E-state index contributed by atoms with van der Waals surface area (Å²) in [6.45, 7) is 0.194. The molecule has 0 aliphatic heterocycles. The van der Waals surface area contributed by atoms with Gasteiger partial charge in [-0.3, -0.25) is 9.68 Å². The molecule has 0 spiro atoms. The van der Waals surface area contributed by atoms with Crippen LogP contribution in [0.15, 0.2) is 0 Å². The van der Waals surface area contributed by atoms with Crippen molar-refractivity contribution in [2.24, 2.45) is 5.73 Å². The second-order valence-electron chi connectivity index (χ2n) is 0.541. The van der Waals surface area contributed by atoms with Gasteiger partial charge in [-0.2, -0.15) is 5.26 Å². The summed E-state index contributed by atoms with van der Waals surface area (Å²) in [5.41, 5.74) is 4.50. The Labute approximate surface area is 65.0 Å². The van der Waals surface area contributed by atoms with Gasteiger partial charge >= 0.3 is 6.47 Å². The Morgan fingerprint density at radius 3 is 1.82 bits per heavy atom. The summed E-state index contributed by atoms with van der Waals surface area (Å²) in [6, 6.07) is 0. The molecule has 0 heterocycles. The molecule has 0 saturated heterocycles. The molecule has 0 aromatic carbocycles. The fourth-order valence-electron chi connectivity index (χ4n) is 0.0278. The van der Waals surface area contributed by atoms with E-state index in [-0.39, 0.29) is 6.47 Å². The SMILES string of the molecule is C#COC=O.C#COO.CN. The fourth-order valence-corrected chi connectivity index (χ4v) is 0.0278. The molecule has 0 fully saturated rings. The van der Waals surface area contributed by atoms with Gasteiger partial charge in [-0.05, 0) is 7.05 Å². The first-order valence-corrected chi connectivity index (χ1v) is 2.22. The summed E-state index contributed by atoms with van der Waals surface area (Å²) >= 11 is 0. The molecule has 11 heavy (non-hydrogen) atoms. The molecule has 3 N–H and O–H groups in total. The van der Waals surface area contributed by atoms with Crippen LogP contribution in [0.2, 0.25) is 0 Å². The molecule has 0 atom stereocenters. The lowest BCUT2D eigenvalue weighted by atomic mass is 11.3. The van der Waals surface area contributed by atoms with Gasteiger partial charge in [-0.15, -0.1) is 0 Å². The van der Waals surface area contributed by atoms with Crippen molar-refractivity contribution in [3.63, 3.8) is 0 Å². The van der Waals surface area contributed by atoms with Gasteiger partial charge in [-0.25, -0.2) is 0 Å². The van der Waals surface area contributed by atoms with Gasteiger partial charge < -0.3 is 10.5 Å². The second-order valence-corrected chi connectivity index (χ2v) is 0.541. The number of nitrogens with two attached hydrogens (primary N) is 1. The maximum absolute atomic E-state index is 9.04. The third-order valence-corrected chi connectivity index (χ3v) is 0.169. The minimum atomic E-state index is 0.194. The van der Waals surface area contributed by atoms with Crippen molar-refractivity contribution >= 4 is 6.47 Å². The van der Waals surface area contributed by atoms with E-state index in [1.807, 2.05) is 0 Å². The topological polar surface area (TPSA) is 81.8 Å². The van der Waals surface area contributed by atoms with Crippen molar-refractivity contribution in [2.45, 2.75) is 0 Å². The van der Waals surface area contributed by atoms with Crippen molar-refractivity contribution in [3.05, 3.63) is 0 Å². The van der Waals surface area contributed by atoms with Crippen LogP contribution >= 0.6 is 0 Å². The standard InChI is InChI=1S/C3H2O2.C2H2O2.CH5N/c1-2-5-3-4;1-2-4-3;1-2/h1,3H;1,3H;2H2,1H3. The van der Waals surface area contributed by atoms with Gasteiger partial charge in [0.1, 0.15) is 6.11 Å². The first-order chi connectivity index (χ1) is 5.33. The summed E-state index contributed by atoms with van der Waals surface area (Å²) in [4.78, 5) is 12.1. The summed E-state index contributed by atoms with van der Waals surface area (Å²) in [6.07, 6.45) is 11.9. The first-order valence-electron chi connectivity index (χ1n) is 2.22. The van der Waals surface area contributed by atoms with E-state index in [0.717, 1.165) is 0 Å². The molecule has 0 aromatic heterocycles. The smallest absolute Gasteiger partial charge is 0.307 e. The lowest BCUT2D eigenvalue weighted by Gasteiger charge is -1.65. The number of carbonyl (C=O) groups excluding carboxylic acids is 1. The minimum Gasteiger partial charge on any atom is -0.375 e. The van der Waals surface area contributed by atoms with E-state index in [1.165, 1.54) is 13.2 Å². The minimum absolute atomic E-state index is 0.194. The quantitative estimate of drug-likeness (QED) is 0.231. The number of hydrogen-bond donors (Lipinski definition) is 2. The third kappa shape index (κ3) is 193. The van der Waals surface area contributed by atoms with Gasteiger partial charge in [0, 0.05) is 0 Å². The van der Waals surface area contributed by atoms with E-state index in [1.54, 1.807) is 6.11 Å². The summed E-state index contributed by atoms with van der Waals surface area (Å²) in [5, 5.41) is 7.14. The maximum Gasteiger partial charge on any atom is 0.307 e. The lowest BCUT2D eigenvalue weighted by Crippen LogP contribution is -1.69. The molecular weight excluding hydrogens is 150 g/mol. The molecule has 0 aromatic rings. The van der Waals surface area contributed by atoms with Crippen LogP contribution in [0.1, 0.15) is 0 Å². The van der Waals surface area contributed by atoms with Gasteiger partial charge in [0.2, 0.25) is 0 Å².